The molecule has 0 aliphatic carbocycles. The molecule has 1 fully saturated rings. The van der Waals surface area contributed by atoms with Gasteiger partial charge in [-0.15, -0.1) is 0 Å². The largest absolute Gasteiger partial charge is 0.495 e. The summed E-state index contributed by atoms with van der Waals surface area (Å²) in [5, 5.41) is 5.82. The molecule has 1 unspecified atom stereocenters. The molecular formula is C21H25N3O3. The number of anilines is 2. The molecule has 6 heteroatoms. The second-order valence-electron chi connectivity index (χ2n) is 6.79. The van der Waals surface area contributed by atoms with E-state index < -0.39 is 6.04 Å². The summed E-state index contributed by atoms with van der Waals surface area (Å²) in [4.78, 5) is 27.1. The van der Waals surface area contributed by atoms with Gasteiger partial charge in [0.1, 0.15) is 11.8 Å². The zero-order valence-electron chi connectivity index (χ0n) is 15.9. The minimum atomic E-state index is -0.486. The van der Waals surface area contributed by atoms with Gasteiger partial charge in [-0.05, 0) is 50.5 Å². The fourth-order valence-corrected chi connectivity index (χ4v) is 3.39. The first kappa shape index (κ1) is 18.8. The Labute approximate surface area is 159 Å². The van der Waals surface area contributed by atoms with Crippen molar-refractivity contribution in [2.75, 3.05) is 24.3 Å². The van der Waals surface area contributed by atoms with E-state index >= 15 is 0 Å². The molecule has 1 aliphatic heterocycles. The van der Waals surface area contributed by atoms with E-state index in [1.165, 1.54) is 0 Å². The van der Waals surface area contributed by atoms with Crippen LogP contribution in [0.5, 0.6) is 5.75 Å². The average Bonchev–Trinajstić information content (AvgIpc) is 3.14. The second-order valence-corrected chi connectivity index (χ2v) is 6.79. The Bertz CT molecular complexity index is 850. The lowest BCUT2D eigenvalue weighted by atomic mass is 10.1. The van der Waals surface area contributed by atoms with Gasteiger partial charge in [0.2, 0.25) is 5.91 Å². The van der Waals surface area contributed by atoms with E-state index in [9.17, 15) is 9.59 Å². The van der Waals surface area contributed by atoms with Crippen LogP contribution >= 0.6 is 0 Å². The van der Waals surface area contributed by atoms with Crippen LogP contribution in [0.2, 0.25) is 0 Å². The summed E-state index contributed by atoms with van der Waals surface area (Å²) in [7, 11) is 1.56. The number of carbonyl (C=O) groups is 2. The lowest BCUT2D eigenvalue weighted by Gasteiger charge is -2.25. The highest BCUT2D eigenvalue weighted by atomic mass is 16.5. The van der Waals surface area contributed by atoms with Crippen molar-refractivity contribution >= 4 is 23.3 Å². The SMILES string of the molecule is COc1ccccc1NC(=O)N1CCCC1C(=O)Nc1ccc(C)cc1C. The molecule has 0 saturated carbocycles. The third-order valence-electron chi connectivity index (χ3n) is 4.80. The van der Waals surface area contributed by atoms with Crippen molar-refractivity contribution in [3.63, 3.8) is 0 Å². The number of para-hydroxylation sites is 2. The van der Waals surface area contributed by atoms with E-state index in [-0.39, 0.29) is 11.9 Å². The highest BCUT2D eigenvalue weighted by Gasteiger charge is 2.34. The number of methoxy groups -OCH3 is 1. The van der Waals surface area contributed by atoms with Gasteiger partial charge in [0.25, 0.3) is 0 Å². The minimum absolute atomic E-state index is 0.158. The summed E-state index contributed by atoms with van der Waals surface area (Å²) in [6, 6.07) is 12.3. The molecule has 3 amide bonds. The maximum Gasteiger partial charge on any atom is 0.322 e. The molecule has 6 nitrogen and oxygen atoms in total. The molecule has 0 bridgehead atoms. The highest BCUT2D eigenvalue weighted by Crippen LogP contribution is 2.26. The van der Waals surface area contributed by atoms with E-state index in [0.717, 1.165) is 23.2 Å². The van der Waals surface area contributed by atoms with E-state index in [4.69, 9.17) is 4.74 Å². The number of benzene rings is 2. The van der Waals surface area contributed by atoms with Gasteiger partial charge in [-0.1, -0.05) is 29.8 Å². The van der Waals surface area contributed by atoms with Crippen LogP contribution in [0.15, 0.2) is 42.5 Å². The number of urea groups is 1. The first-order valence-corrected chi connectivity index (χ1v) is 9.08. The maximum absolute atomic E-state index is 12.8. The van der Waals surface area contributed by atoms with Crippen molar-refractivity contribution in [3.8, 4) is 5.75 Å². The molecule has 1 saturated heterocycles. The van der Waals surface area contributed by atoms with E-state index in [0.29, 0.717) is 24.4 Å². The van der Waals surface area contributed by atoms with Crippen LogP contribution in [0.25, 0.3) is 0 Å². The molecule has 3 rings (SSSR count). The van der Waals surface area contributed by atoms with E-state index in [1.54, 1.807) is 24.1 Å². The molecule has 2 N–H and O–H groups in total. The molecule has 142 valence electrons. The zero-order chi connectivity index (χ0) is 19.4. The summed E-state index contributed by atoms with van der Waals surface area (Å²) in [6.45, 7) is 4.52. The number of nitrogens with zero attached hydrogens (tertiary/aromatic N) is 1. The van der Waals surface area contributed by atoms with Crippen LogP contribution in [-0.2, 0) is 4.79 Å². The summed E-state index contributed by atoms with van der Waals surface area (Å²) in [5.74, 6) is 0.427. The predicted molar refractivity (Wildman–Crippen MR) is 106 cm³/mol. The molecule has 0 aromatic heterocycles. The first-order chi connectivity index (χ1) is 13.0. The topological polar surface area (TPSA) is 70.7 Å². The number of aryl methyl sites for hydroxylation is 2. The molecule has 1 heterocycles. The molecule has 0 radical (unpaired) electrons. The van der Waals surface area contributed by atoms with Gasteiger partial charge in [-0.3, -0.25) is 4.79 Å². The monoisotopic (exact) mass is 367 g/mol. The normalized spacial score (nSPS) is 16.1. The van der Waals surface area contributed by atoms with Gasteiger partial charge >= 0.3 is 6.03 Å². The van der Waals surface area contributed by atoms with Crippen LogP contribution in [0, 0.1) is 13.8 Å². The fourth-order valence-electron chi connectivity index (χ4n) is 3.39. The lowest BCUT2D eigenvalue weighted by molar-refractivity contribution is -0.119. The van der Waals surface area contributed by atoms with Gasteiger partial charge in [0.05, 0.1) is 12.8 Å². The van der Waals surface area contributed by atoms with Gasteiger partial charge in [0, 0.05) is 12.2 Å². The quantitative estimate of drug-likeness (QED) is 0.860. The van der Waals surface area contributed by atoms with Crippen molar-refractivity contribution in [2.24, 2.45) is 0 Å². The number of ether oxygens (including phenoxy) is 1. The number of likely N-dealkylation sites (tertiary alicyclic amines) is 1. The fraction of sp³-hybridized carbons (Fsp3) is 0.333. The first-order valence-electron chi connectivity index (χ1n) is 9.08. The van der Waals surface area contributed by atoms with Crippen molar-refractivity contribution < 1.29 is 14.3 Å². The van der Waals surface area contributed by atoms with Gasteiger partial charge in [0.15, 0.2) is 0 Å². The van der Waals surface area contributed by atoms with Crippen LogP contribution in [0.3, 0.4) is 0 Å². The van der Waals surface area contributed by atoms with Crippen molar-refractivity contribution in [1.29, 1.82) is 0 Å². The second kappa shape index (κ2) is 8.12. The Morgan fingerprint density at radius 2 is 1.85 bits per heavy atom. The number of rotatable bonds is 4. The van der Waals surface area contributed by atoms with E-state index in [1.807, 2.05) is 44.2 Å². The Morgan fingerprint density at radius 3 is 2.59 bits per heavy atom. The zero-order valence-corrected chi connectivity index (χ0v) is 15.9. The number of hydrogen-bond donors (Lipinski definition) is 2. The third kappa shape index (κ3) is 4.22. The van der Waals surface area contributed by atoms with Crippen LogP contribution in [0.1, 0.15) is 24.0 Å². The van der Waals surface area contributed by atoms with Crippen molar-refractivity contribution in [2.45, 2.75) is 32.7 Å². The lowest BCUT2D eigenvalue weighted by Crippen LogP contribution is -2.45. The molecule has 27 heavy (non-hydrogen) atoms. The van der Waals surface area contributed by atoms with Crippen LogP contribution < -0.4 is 15.4 Å². The number of hydrogen-bond acceptors (Lipinski definition) is 3. The molecule has 1 aliphatic rings. The molecule has 2 aromatic rings. The Hall–Kier alpha value is -3.02. The smallest absolute Gasteiger partial charge is 0.322 e. The maximum atomic E-state index is 12.8. The molecule has 0 spiro atoms. The Morgan fingerprint density at radius 1 is 1.07 bits per heavy atom. The molecule has 1 atom stereocenters. The Balaban J connectivity index is 1.70. The van der Waals surface area contributed by atoms with Crippen LogP contribution in [0.4, 0.5) is 16.2 Å². The van der Waals surface area contributed by atoms with Gasteiger partial charge in [-0.2, -0.15) is 0 Å². The summed E-state index contributed by atoms with van der Waals surface area (Å²) in [5.41, 5.74) is 3.52. The van der Waals surface area contributed by atoms with Crippen molar-refractivity contribution in [1.82, 2.24) is 4.90 Å². The number of nitrogens with one attached hydrogen (secondary N) is 2. The van der Waals surface area contributed by atoms with Gasteiger partial charge < -0.3 is 20.3 Å². The summed E-state index contributed by atoms with van der Waals surface area (Å²) >= 11 is 0. The highest BCUT2D eigenvalue weighted by molar-refractivity contribution is 6.00. The van der Waals surface area contributed by atoms with E-state index in [2.05, 4.69) is 10.6 Å². The third-order valence-corrected chi connectivity index (χ3v) is 4.80. The Kier molecular flexibility index (Phi) is 5.64. The number of amides is 3. The number of carbonyl (C=O) groups excluding carboxylic acids is 2. The minimum Gasteiger partial charge on any atom is -0.495 e. The van der Waals surface area contributed by atoms with Crippen LogP contribution in [-0.4, -0.2) is 36.5 Å². The average molecular weight is 367 g/mol. The standard InChI is InChI=1S/C21H25N3O3/c1-14-10-11-16(15(2)13-14)22-20(25)18-8-6-12-24(18)21(26)23-17-7-4-5-9-19(17)27-3/h4-5,7,9-11,13,18H,6,8,12H2,1-3H3,(H,22,25)(H,23,26). The predicted octanol–water partition coefficient (Wildman–Crippen LogP) is 3.95. The molecule has 2 aromatic carbocycles. The molecular weight excluding hydrogens is 342 g/mol. The van der Waals surface area contributed by atoms with Gasteiger partial charge in [-0.25, -0.2) is 4.79 Å². The van der Waals surface area contributed by atoms with Crippen molar-refractivity contribution in [3.05, 3.63) is 53.6 Å². The summed E-state index contributed by atoms with van der Waals surface area (Å²) < 4.78 is 5.27. The summed E-state index contributed by atoms with van der Waals surface area (Å²) in [6.07, 6.45) is 1.44.